The number of pyridine rings is 1. The largest absolute Gasteiger partial charge is 0.394 e. The smallest absolute Gasteiger partial charge is 0.224 e. The molecular weight excluding hydrogens is 252 g/mol. The van der Waals surface area contributed by atoms with Gasteiger partial charge in [-0.25, -0.2) is 0 Å². The molecule has 20 heavy (non-hydrogen) atoms. The Morgan fingerprint density at radius 1 is 1.50 bits per heavy atom. The number of nitrogens with one attached hydrogen (secondary N) is 1. The number of aliphatic hydroxyl groups excluding tert-OH is 1. The molecule has 1 saturated carbocycles. The monoisotopic (exact) mass is 276 g/mol. The molecule has 1 aliphatic carbocycles. The van der Waals surface area contributed by atoms with Crippen LogP contribution < -0.4 is 5.32 Å². The van der Waals surface area contributed by atoms with E-state index < -0.39 is 0 Å². The van der Waals surface area contributed by atoms with Crippen molar-refractivity contribution in [2.45, 2.75) is 51.5 Å². The van der Waals surface area contributed by atoms with E-state index in [0.717, 1.165) is 17.5 Å². The van der Waals surface area contributed by atoms with Gasteiger partial charge in [-0.3, -0.25) is 9.78 Å². The number of aliphatic hydroxyl groups is 1. The van der Waals surface area contributed by atoms with Gasteiger partial charge in [-0.2, -0.15) is 0 Å². The second kappa shape index (κ2) is 7.39. The lowest BCUT2D eigenvalue weighted by molar-refractivity contribution is -0.121. The van der Waals surface area contributed by atoms with Crippen LogP contribution >= 0.6 is 0 Å². The normalized spacial score (nSPS) is 17.1. The molecule has 1 aromatic rings. The first-order chi connectivity index (χ1) is 9.69. The van der Waals surface area contributed by atoms with Gasteiger partial charge in [-0.1, -0.05) is 25.7 Å². The summed E-state index contributed by atoms with van der Waals surface area (Å²) in [6.07, 6.45) is 9.76. The molecule has 0 radical (unpaired) electrons. The Bertz CT molecular complexity index is 442. The standard InChI is InChI=1S/C16H24N2O2/c1-12-10-17-7-6-14(12)9-16(20)18-15(11-19)8-13-4-2-3-5-13/h6-7,10,13,15,19H,2-5,8-9,11H2,1H3,(H,18,20). The van der Waals surface area contributed by atoms with Crippen molar-refractivity contribution in [3.05, 3.63) is 29.6 Å². The van der Waals surface area contributed by atoms with Gasteiger partial charge in [0.2, 0.25) is 5.91 Å². The van der Waals surface area contributed by atoms with Gasteiger partial charge in [0.05, 0.1) is 19.1 Å². The van der Waals surface area contributed by atoms with Crippen LogP contribution in [0.15, 0.2) is 18.5 Å². The van der Waals surface area contributed by atoms with Crippen molar-refractivity contribution in [2.75, 3.05) is 6.61 Å². The summed E-state index contributed by atoms with van der Waals surface area (Å²) in [5, 5.41) is 12.4. The molecule has 1 aromatic heterocycles. The molecule has 1 atom stereocenters. The van der Waals surface area contributed by atoms with Crippen molar-refractivity contribution in [3.8, 4) is 0 Å². The van der Waals surface area contributed by atoms with E-state index in [4.69, 9.17) is 0 Å². The first-order valence-corrected chi connectivity index (χ1v) is 7.48. The van der Waals surface area contributed by atoms with Gasteiger partial charge in [-0.05, 0) is 36.5 Å². The highest BCUT2D eigenvalue weighted by molar-refractivity contribution is 5.79. The molecule has 110 valence electrons. The predicted octanol–water partition coefficient (Wildman–Crippen LogP) is 1.99. The first kappa shape index (κ1) is 15.0. The fraction of sp³-hybridized carbons (Fsp3) is 0.625. The van der Waals surface area contributed by atoms with Gasteiger partial charge in [0.15, 0.2) is 0 Å². The SMILES string of the molecule is Cc1cnccc1CC(=O)NC(CO)CC1CCCC1. The number of nitrogens with zero attached hydrogens (tertiary/aromatic N) is 1. The maximum Gasteiger partial charge on any atom is 0.224 e. The van der Waals surface area contributed by atoms with Crippen LogP contribution in [-0.2, 0) is 11.2 Å². The average molecular weight is 276 g/mol. The van der Waals surface area contributed by atoms with Crippen LogP contribution in [0.3, 0.4) is 0 Å². The summed E-state index contributed by atoms with van der Waals surface area (Å²) in [5.74, 6) is 0.645. The molecule has 1 aliphatic rings. The molecule has 1 fully saturated rings. The van der Waals surface area contributed by atoms with Crippen molar-refractivity contribution >= 4 is 5.91 Å². The Kier molecular flexibility index (Phi) is 5.53. The minimum atomic E-state index is -0.104. The summed E-state index contributed by atoms with van der Waals surface area (Å²) < 4.78 is 0. The molecule has 1 unspecified atom stereocenters. The number of rotatable bonds is 6. The van der Waals surface area contributed by atoms with E-state index in [2.05, 4.69) is 10.3 Å². The second-order valence-electron chi connectivity index (χ2n) is 5.81. The van der Waals surface area contributed by atoms with E-state index in [0.29, 0.717) is 12.3 Å². The molecule has 4 nitrogen and oxygen atoms in total. The zero-order valence-electron chi connectivity index (χ0n) is 12.1. The molecule has 2 N–H and O–H groups in total. The molecule has 0 aliphatic heterocycles. The Labute approximate surface area is 120 Å². The molecule has 0 bridgehead atoms. The minimum absolute atomic E-state index is 0.0173. The lowest BCUT2D eigenvalue weighted by Gasteiger charge is -2.20. The molecule has 1 heterocycles. The molecule has 0 aromatic carbocycles. The summed E-state index contributed by atoms with van der Waals surface area (Å²) in [6, 6.07) is 1.77. The average Bonchev–Trinajstić information content (AvgIpc) is 2.93. The molecular formula is C16H24N2O2. The van der Waals surface area contributed by atoms with E-state index in [9.17, 15) is 9.90 Å². The third kappa shape index (κ3) is 4.30. The van der Waals surface area contributed by atoms with Gasteiger partial charge in [-0.15, -0.1) is 0 Å². The van der Waals surface area contributed by atoms with E-state index in [1.807, 2.05) is 13.0 Å². The maximum atomic E-state index is 12.1. The predicted molar refractivity (Wildman–Crippen MR) is 78.3 cm³/mol. The van der Waals surface area contributed by atoms with E-state index in [-0.39, 0.29) is 18.6 Å². The highest BCUT2D eigenvalue weighted by atomic mass is 16.3. The minimum Gasteiger partial charge on any atom is -0.394 e. The number of aryl methyl sites for hydroxylation is 1. The molecule has 4 heteroatoms. The van der Waals surface area contributed by atoms with Crippen LogP contribution in [0.1, 0.15) is 43.2 Å². The van der Waals surface area contributed by atoms with Crippen molar-refractivity contribution in [2.24, 2.45) is 5.92 Å². The molecule has 0 saturated heterocycles. The van der Waals surface area contributed by atoms with Crippen LogP contribution in [0.5, 0.6) is 0 Å². The van der Waals surface area contributed by atoms with Crippen molar-refractivity contribution in [1.29, 1.82) is 0 Å². The zero-order chi connectivity index (χ0) is 14.4. The van der Waals surface area contributed by atoms with E-state index in [1.54, 1.807) is 12.4 Å². The Balaban J connectivity index is 1.84. The van der Waals surface area contributed by atoms with Crippen molar-refractivity contribution in [3.63, 3.8) is 0 Å². The van der Waals surface area contributed by atoms with Gasteiger partial charge >= 0.3 is 0 Å². The van der Waals surface area contributed by atoms with E-state index >= 15 is 0 Å². The van der Waals surface area contributed by atoms with Gasteiger partial charge in [0.1, 0.15) is 0 Å². The summed E-state index contributed by atoms with van der Waals surface area (Å²) in [5.41, 5.74) is 2.02. The number of carbonyl (C=O) groups excluding carboxylic acids is 1. The topological polar surface area (TPSA) is 62.2 Å². The quantitative estimate of drug-likeness (QED) is 0.835. The van der Waals surface area contributed by atoms with Crippen LogP contribution in [0.4, 0.5) is 0 Å². The molecule has 1 amide bonds. The highest BCUT2D eigenvalue weighted by Gasteiger charge is 2.21. The van der Waals surface area contributed by atoms with Crippen molar-refractivity contribution in [1.82, 2.24) is 10.3 Å². The number of carbonyl (C=O) groups is 1. The fourth-order valence-electron chi connectivity index (χ4n) is 2.98. The van der Waals surface area contributed by atoms with Crippen LogP contribution in [-0.4, -0.2) is 28.6 Å². The lowest BCUT2D eigenvalue weighted by atomic mass is 9.98. The summed E-state index contributed by atoms with van der Waals surface area (Å²) in [6.45, 7) is 1.98. The highest BCUT2D eigenvalue weighted by Crippen LogP contribution is 2.28. The second-order valence-corrected chi connectivity index (χ2v) is 5.81. The van der Waals surface area contributed by atoms with E-state index in [1.165, 1.54) is 25.7 Å². The Hall–Kier alpha value is -1.42. The molecule has 0 spiro atoms. The lowest BCUT2D eigenvalue weighted by Crippen LogP contribution is -2.39. The third-order valence-electron chi connectivity index (χ3n) is 4.17. The number of amides is 1. The first-order valence-electron chi connectivity index (χ1n) is 7.48. The summed E-state index contributed by atoms with van der Waals surface area (Å²) in [4.78, 5) is 16.1. The summed E-state index contributed by atoms with van der Waals surface area (Å²) >= 11 is 0. The fourth-order valence-corrected chi connectivity index (χ4v) is 2.98. The van der Waals surface area contributed by atoms with Crippen LogP contribution in [0.25, 0.3) is 0 Å². The van der Waals surface area contributed by atoms with Crippen molar-refractivity contribution < 1.29 is 9.90 Å². The third-order valence-corrected chi connectivity index (χ3v) is 4.17. The summed E-state index contributed by atoms with van der Waals surface area (Å²) in [7, 11) is 0. The van der Waals surface area contributed by atoms with Crippen LogP contribution in [0, 0.1) is 12.8 Å². The van der Waals surface area contributed by atoms with Gasteiger partial charge in [0, 0.05) is 12.4 Å². The van der Waals surface area contributed by atoms with Gasteiger partial charge in [0.25, 0.3) is 0 Å². The maximum absolute atomic E-state index is 12.1. The number of hydrogen-bond acceptors (Lipinski definition) is 3. The zero-order valence-corrected chi connectivity index (χ0v) is 12.1. The number of aromatic nitrogens is 1. The Morgan fingerprint density at radius 3 is 2.90 bits per heavy atom. The Morgan fingerprint density at radius 2 is 2.25 bits per heavy atom. The van der Waals surface area contributed by atoms with Gasteiger partial charge < -0.3 is 10.4 Å². The number of hydrogen-bond donors (Lipinski definition) is 2. The van der Waals surface area contributed by atoms with Crippen LogP contribution in [0.2, 0.25) is 0 Å². The molecule has 2 rings (SSSR count).